The molecule has 0 saturated carbocycles. The molecule has 0 spiro atoms. The Balaban J connectivity index is 1.69. The summed E-state index contributed by atoms with van der Waals surface area (Å²) in [5.41, 5.74) is 6.01. The van der Waals surface area contributed by atoms with Crippen molar-refractivity contribution >= 4 is 22.5 Å². The number of imidazole rings is 1. The first-order valence-electron chi connectivity index (χ1n) is 9.04. The summed E-state index contributed by atoms with van der Waals surface area (Å²) in [6.45, 7) is 0. The summed E-state index contributed by atoms with van der Waals surface area (Å²) < 4.78 is 0. The Kier molecular flexibility index (Phi) is 4.15. The molecule has 28 heavy (non-hydrogen) atoms. The van der Waals surface area contributed by atoms with Gasteiger partial charge in [0.1, 0.15) is 5.82 Å². The van der Waals surface area contributed by atoms with E-state index in [1.54, 1.807) is 6.20 Å². The summed E-state index contributed by atoms with van der Waals surface area (Å²) in [7, 11) is 0. The first-order chi connectivity index (χ1) is 13.8. The zero-order valence-corrected chi connectivity index (χ0v) is 15.7. The molecule has 2 aromatic heterocycles. The molecule has 0 unspecified atom stereocenters. The van der Waals surface area contributed by atoms with E-state index >= 15 is 0 Å². The van der Waals surface area contributed by atoms with E-state index in [9.17, 15) is 0 Å². The summed E-state index contributed by atoms with van der Waals surface area (Å²) in [5, 5.41) is 1.80. The van der Waals surface area contributed by atoms with Gasteiger partial charge in [-0.25, -0.2) is 4.98 Å². The highest BCUT2D eigenvalue weighted by molar-refractivity contribution is 6.30. The maximum Gasteiger partial charge on any atom is 0.138 e. The molecule has 134 valence electrons. The minimum Gasteiger partial charge on any atom is -0.337 e. The normalized spacial score (nSPS) is 11.0. The average Bonchev–Trinajstić information content (AvgIpc) is 3.20. The van der Waals surface area contributed by atoms with Gasteiger partial charge in [0.25, 0.3) is 0 Å². The first-order valence-corrected chi connectivity index (χ1v) is 9.42. The van der Waals surface area contributed by atoms with Crippen molar-refractivity contribution in [3.8, 4) is 33.9 Å². The van der Waals surface area contributed by atoms with Crippen LogP contribution in [0.2, 0.25) is 5.02 Å². The van der Waals surface area contributed by atoms with Crippen LogP contribution < -0.4 is 0 Å². The number of benzene rings is 3. The monoisotopic (exact) mass is 381 g/mol. The molecular formula is C24H16ClN3. The lowest BCUT2D eigenvalue weighted by atomic mass is 10.1. The predicted octanol–water partition coefficient (Wildman–Crippen LogP) is 6.61. The van der Waals surface area contributed by atoms with E-state index in [0.717, 1.165) is 44.8 Å². The maximum atomic E-state index is 6.08. The molecule has 0 fully saturated rings. The van der Waals surface area contributed by atoms with Gasteiger partial charge in [-0.2, -0.15) is 0 Å². The highest BCUT2D eigenvalue weighted by atomic mass is 35.5. The molecule has 3 aromatic carbocycles. The van der Waals surface area contributed by atoms with Crippen molar-refractivity contribution in [3.63, 3.8) is 0 Å². The summed E-state index contributed by atoms with van der Waals surface area (Å²) in [4.78, 5) is 12.9. The fourth-order valence-corrected chi connectivity index (χ4v) is 3.49. The molecule has 2 heterocycles. The van der Waals surface area contributed by atoms with Crippen LogP contribution in [0.5, 0.6) is 0 Å². The van der Waals surface area contributed by atoms with Gasteiger partial charge < -0.3 is 4.98 Å². The number of aromatic nitrogens is 3. The van der Waals surface area contributed by atoms with Gasteiger partial charge >= 0.3 is 0 Å². The Morgan fingerprint density at radius 1 is 0.714 bits per heavy atom. The van der Waals surface area contributed by atoms with E-state index in [-0.39, 0.29) is 0 Å². The van der Waals surface area contributed by atoms with E-state index in [1.807, 2.05) is 54.6 Å². The van der Waals surface area contributed by atoms with E-state index in [4.69, 9.17) is 16.6 Å². The third-order valence-corrected chi connectivity index (χ3v) is 5.01. The van der Waals surface area contributed by atoms with Crippen LogP contribution in [0.3, 0.4) is 0 Å². The third-order valence-electron chi connectivity index (χ3n) is 4.76. The Morgan fingerprint density at radius 3 is 2.32 bits per heavy atom. The van der Waals surface area contributed by atoms with Crippen molar-refractivity contribution in [1.29, 1.82) is 0 Å². The van der Waals surface area contributed by atoms with E-state index in [0.29, 0.717) is 5.02 Å². The highest BCUT2D eigenvalue weighted by Gasteiger charge is 2.15. The van der Waals surface area contributed by atoms with Crippen LogP contribution in [0, 0.1) is 0 Å². The van der Waals surface area contributed by atoms with Crippen molar-refractivity contribution in [1.82, 2.24) is 15.0 Å². The largest absolute Gasteiger partial charge is 0.337 e. The minimum atomic E-state index is 0.715. The van der Waals surface area contributed by atoms with Gasteiger partial charge in [-0.15, -0.1) is 0 Å². The molecule has 0 atom stereocenters. The Morgan fingerprint density at radius 2 is 1.50 bits per heavy atom. The van der Waals surface area contributed by atoms with Crippen molar-refractivity contribution < 1.29 is 0 Å². The Bertz CT molecular complexity index is 1260. The highest BCUT2D eigenvalue weighted by Crippen LogP contribution is 2.34. The number of nitrogens with one attached hydrogen (secondary N) is 1. The standard InChI is InChI=1S/C24H16ClN3/c25-20-11-8-17(9-12-20)23-22(16-5-2-1-3-6-16)27-24(28-23)19-10-13-21-18(15-19)7-4-14-26-21/h1-15H,(H,27,28). The SMILES string of the molecule is Clc1ccc(-c2[nH]c(-c3ccc4ncccc4c3)nc2-c2ccccc2)cc1. The third kappa shape index (κ3) is 3.06. The quantitative estimate of drug-likeness (QED) is 0.382. The minimum absolute atomic E-state index is 0.715. The molecule has 0 bridgehead atoms. The lowest BCUT2D eigenvalue weighted by Crippen LogP contribution is -1.83. The molecular weight excluding hydrogens is 366 g/mol. The molecule has 0 radical (unpaired) electrons. The maximum absolute atomic E-state index is 6.08. The number of hydrogen-bond acceptors (Lipinski definition) is 2. The van der Waals surface area contributed by atoms with Gasteiger partial charge in [-0.05, 0) is 36.4 Å². The van der Waals surface area contributed by atoms with Crippen LogP contribution in [0.15, 0.2) is 91.1 Å². The van der Waals surface area contributed by atoms with Gasteiger partial charge in [-0.1, -0.05) is 60.1 Å². The van der Waals surface area contributed by atoms with Crippen molar-refractivity contribution in [2.75, 3.05) is 0 Å². The molecule has 0 aliphatic heterocycles. The summed E-state index contributed by atoms with van der Waals surface area (Å²) >= 11 is 6.08. The average molecular weight is 382 g/mol. The van der Waals surface area contributed by atoms with E-state index in [2.05, 4.69) is 40.3 Å². The van der Waals surface area contributed by atoms with Crippen molar-refractivity contribution in [2.24, 2.45) is 0 Å². The predicted molar refractivity (Wildman–Crippen MR) is 115 cm³/mol. The molecule has 5 aromatic rings. The van der Waals surface area contributed by atoms with Gasteiger partial charge in [-0.3, -0.25) is 4.98 Å². The van der Waals surface area contributed by atoms with Crippen LogP contribution in [0.1, 0.15) is 0 Å². The topological polar surface area (TPSA) is 41.6 Å². The van der Waals surface area contributed by atoms with Crippen LogP contribution in [0.25, 0.3) is 44.8 Å². The van der Waals surface area contributed by atoms with Gasteiger partial charge in [0.05, 0.1) is 16.9 Å². The van der Waals surface area contributed by atoms with Crippen LogP contribution in [-0.4, -0.2) is 15.0 Å². The fraction of sp³-hybridized carbons (Fsp3) is 0. The summed E-state index contributed by atoms with van der Waals surface area (Å²) in [5.74, 6) is 0.828. The molecule has 0 amide bonds. The Hall–Kier alpha value is -3.43. The number of nitrogens with zero attached hydrogens (tertiary/aromatic N) is 2. The number of fused-ring (bicyclic) bond motifs is 1. The second-order valence-corrected chi connectivity index (χ2v) is 7.03. The zero-order chi connectivity index (χ0) is 18.9. The lowest BCUT2D eigenvalue weighted by Gasteiger charge is -2.03. The summed E-state index contributed by atoms with van der Waals surface area (Å²) in [6, 6.07) is 28.2. The molecule has 0 aliphatic rings. The molecule has 5 rings (SSSR count). The van der Waals surface area contributed by atoms with Crippen molar-refractivity contribution in [2.45, 2.75) is 0 Å². The molecule has 3 nitrogen and oxygen atoms in total. The molecule has 4 heteroatoms. The first kappa shape index (κ1) is 16.7. The lowest BCUT2D eigenvalue weighted by molar-refractivity contribution is 1.31. The number of hydrogen-bond donors (Lipinski definition) is 1. The fourth-order valence-electron chi connectivity index (χ4n) is 3.36. The van der Waals surface area contributed by atoms with Gasteiger partial charge in [0, 0.05) is 33.3 Å². The number of pyridine rings is 1. The van der Waals surface area contributed by atoms with Crippen LogP contribution in [0.4, 0.5) is 0 Å². The van der Waals surface area contributed by atoms with Crippen LogP contribution >= 0.6 is 11.6 Å². The molecule has 0 aliphatic carbocycles. The van der Waals surface area contributed by atoms with Crippen LogP contribution in [-0.2, 0) is 0 Å². The summed E-state index contributed by atoms with van der Waals surface area (Å²) in [6.07, 6.45) is 1.81. The number of aromatic amines is 1. The second kappa shape index (κ2) is 6.95. The number of H-pyrrole nitrogens is 1. The van der Waals surface area contributed by atoms with E-state index < -0.39 is 0 Å². The van der Waals surface area contributed by atoms with Gasteiger partial charge in [0.15, 0.2) is 0 Å². The number of rotatable bonds is 3. The number of halogens is 1. The van der Waals surface area contributed by atoms with Crippen molar-refractivity contribution in [3.05, 3.63) is 96.1 Å². The Labute approximate surface area is 167 Å². The van der Waals surface area contributed by atoms with E-state index in [1.165, 1.54) is 0 Å². The van der Waals surface area contributed by atoms with Gasteiger partial charge in [0.2, 0.25) is 0 Å². The molecule has 1 N–H and O–H groups in total. The molecule has 0 saturated heterocycles. The second-order valence-electron chi connectivity index (χ2n) is 6.59. The smallest absolute Gasteiger partial charge is 0.138 e. The zero-order valence-electron chi connectivity index (χ0n) is 14.9.